The molecule has 13 rings (SSSR count). The largest absolute Gasteiger partial charge is 0.493 e. The Morgan fingerprint density at radius 2 is 1.70 bits per heavy atom. The summed E-state index contributed by atoms with van der Waals surface area (Å²) in [7, 11) is -3.13. The quantitative estimate of drug-likeness (QED) is 0.0772. The summed E-state index contributed by atoms with van der Waals surface area (Å²) in [6.45, 7) is 11.8. The third-order valence-electron chi connectivity index (χ3n) is 18.0. The Hall–Kier alpha value is -7.38. The molecule has 4 aromatic heterocycles. The normalized spacial score (nSPS) is 21.7. The van der Waals surface area contributed by atoms with Crippen LogP contribution in [0.5, 0.6) is 17.5 Å². The van der Waals surface area contributed by atoms with E-state index in [2.05, 4.69) is 81.8 Å². The third-order valence-corrected chi connectivity index (χ3v) is 19.2. The van der Waals surface area contributed by atoms with Gasteiger partial charge in [-0.25, -0.2) is 14.1 Å². The highest BCUT2D eigenvalue weighted by atomic mass is 32.2. The molecule has 0 bridgehead atoms. The summed E-state index contributed by atoms with van der Waals surface area (Å²) in [4.78, 5) is 54.5. The zero-order chi connectivity index (χ0) is 56.3. The van der Waals surface area contributed by atoms with Crippen molar-refractivity contribution >= 4 is 61.2 Å². The van der Waals surface area contributed by atoms with Crippen molar-refractivity contribution in [3.05, 3.63) is 111 Å². The molecule has 24 heteroatoms. The molecular weight excluding hydrogens is 1080 g/mol. The van der Waals surface area contributed by atoms with E-state index in [1.165, 1.54) is 17.3 Å². The number of nitrogens with one attached hydrogen (secondary N) is 3. The zero-order valence-corrected chi connectivity index (χ0v) is 46.8. The smallest absolute Gasteiger partial charge is 0.300 e. The van der Waals surface area contributed by atoms with Crippen LogP contribution in [0.3, 0.4) is 0 Å². The average Bonchev–Trinajstić information content (AvgIpc) is 2.37. The van der Waals surface area contributed by atoms with Crippen molar-refractivity contribution in [2.24, 2.45) is 11.3 Å². The summed E-state index contributed by atoms with van der Waals surface area (Å²) in [6, 6.07) is 19.0. The molecule has 82 heavy (non-hydrogen) atoms. The van der Waals surface area contributed by atoms with E-state index in [0.717, 1.165) is 120 Å². The zero-order valence-electron chi connectivity index (χ0n) is 46.0. The first kappa shape index (κ1) is 53.9. The maximum absolute atomic E-state index is 15.2. The number of halogens is 1. The van der Waals surface area contributed by atoms with E-state index in [-0.39, 0.29) is 77.2 Å². The Kier molecular flexibility index (Phi) is 14.5. The summed E-state index contributed by atoms with van der Waals surface area (Å²) >= 11 is 0. The number of nitrogens with zero attached hydrogens (tertiary/aromatic N) is 9. The van der Waals surface area contributed by atoms with Gasteiger partial charge in [-0.2, -0.15) is 18.4 Å². The van der Waals surface area contributed by atoms with Gasteiger partial charge in [0.15, 0.2) is 22.3 Å². The first-order valence-corrected chi connectivity index (χ1v) is 29.9. The maximum Gasteiger partial charge on any atom is 0.300 e. The Balaban J connectivity index is 0.727. The number of carbonyl (C=O) groups excluding carboxylic acids is 1. The minimum absolute atomic E-state index is 0.0174. The predicted molar refractivity (Wildman–Crippen MR) is 304 cm³/mol. The highest BCUT2D eigenvalue weighted by Crippen LogP contribution is 2.54. The van der Waals surface area contributed by atoms with E-state index >= 15 is 4.39 Å². The van der Waals surface area contributed by atoms with Crippen LogP contribution in [0.4, 0.5) is 38.6 Å². The van der Waals surface area contributed by atoms with Gasteiger partial charge in [-0.3, -0.25) is 24.7 Å². The number of piperazine rings is 1. The lowest BCUT2D eigenvalue weighted by molar-refractivity contribution is -0.384. The number of sulfonamides is 1. The topological polar surface area (TPSA) is 235 Å². The van der Waals surface area contributed by atoms with Gasteiger partial charge in [-0.1, -0.05) is 24.3 Å². The number of hydrogen-bond acceptors (Lipinski definition) is 19. The number of piperidine rings is 1. The van der Waals surface area contributed by atoms with Crippen LogP contribution in [0.25, 0.3) is 11.0 Å². The van der Waals surface area contributed by atoms with Crippen molar-refractivity contribution in [1.82, 2.24) is 34.5 Å². The van der Waals surface area contributed by atoms with Gasteiger partial charge in [0.25, 0.3) is 15.9 Å². The second-order valence-corrected chi connectivity index (χ2v) is 24.4. The standard InChI is InChI=1S/C58H67FN12O10S/c1-36-5-3-4-6-41(36)49-34-66(33-37-25-50(77-2)54(61-31-37)68-17-22-79-23-18-68)15-16-69(49)40-29-58(30-40)11-13-67(14-12-58)39-7-8-42(46(26-39)70-19-24-80-56-48(70)27-43-44(59)32-60-53(43)64-56)55(72)65-82(75,76)51-28-47(71(73)74)52-57(63-51)81-35-45(62-52)38-9-20-78-21-10-38/h3-8,25-28,31-32,38,40,45,49,62H,9-24,29-30,33-35H2,1-2H3,(H,60,64)(H,65,72)/t45-,49-/m0/s1. The lowest BCUT2D eigenvalue weighted by atomic mass is 9.59. The summed E-state index contributed by atoms with van der Waals surface area (Å²) < 4.78 is 74.5. The van der Waals surface area contributed by atoms with Crippen LogP contribution in [-0.4, -0.2) is 160 Å². The van der Waals surface area contributed by atoms with Crippen LogP contribution in [0.1, 0.15) is 71.6 Å². The molecule has 10 heterocycles. The lowest BCUT2D eigenvalue weighted by Gasteiger charge is -2.58. The predicted octanol–water partition coefficient (Wildman–Crippen LogP) is 7.11. The number of anilines is 5. The molecule has 6 aliphatic heterocycles. The van der Waals surface area contributed by atoms with Gasteiger partial charge in [0.05, 0.1) is 60.5 Å². The van der Waals surface area contributed by atoms with E-state index in [9.17, 15) is 23.3 Å². The molecule has 0 unspecified atom stereocenters. The van der Waals surface area contributed by atoms with Gasteiger partial charge in [0.2, 0.25) is 11.8 Å². The second kappa shape index (κ2) is 22.1. The first-order valence-electron chi connectivity index (χ1n) is 28.4. The van der Waals surface area contributed by atoms with Crippen molar-refractivity contribution in [3.8, 4) is 17.5 Å². The van der Waals surface area contributed by atoms with Crippen LogP contribution in [0.2, 0.25) is 0 Å². The van der Waals surface area contributed by atoms with Crippen LogP contribution >= 0.6 is 0 Å². The fourth-order valence-electron chi connectivity index (χ4n) is 13.5. The number of pyridine rings is 3. The molecule has 3 N–H and O–H groups in total. The third kappa shape index (κ3) is 10.4. The Bertz CT molecular complexity index is 3530. The Labute approximate surface area is 474 Å². The minimum Gasteiger partial charge on any atom is -0.493 e. The number of morpholine rings is 1. The molecule has 2 aromatic carbocycles. The fourth-order valence-corrected chi connectivity index (χ4v) is 14.4. The van der Waals surface area contributed by atoms with Crippen molar-refractivity contribution in [1.29, 1.82) is 0 Å². The number of carbonyl (C=O) groups is 1. The van der Waals surface area contributed by atoms with Crippen LogP contribution in [0, 0.1) is 34.2 Å². The van der Waals surface area contributed by atoms with Gasteiger partial charge in [0, 0.05) is 95.7 Å². The molecule has 0 radical (unpaired) electrons. The molecule has 1 spiro atoms. The number of ether oxygens (including phenoxy) is 5. The molecule has 2 atom stereocenters. The number of rotatable bonds is 13. The Morgan fingerprint density at radius 3 is 2.48 bits per heavy atom. The Morgan fingerprint density at radius 1 is 0.902 bits per heavy atom. The number of hydrogen-bond donors (Lipinski definition) is 3. The SMILES string of the molecule is COc1cc(CN2CCN(C3CC4(CCN(c5ccc(C(=O)NS(=O)(=O)c6cc([N+](=O)[O-])c7c(n6)OC[C@@H](C6CCOCC6)N7)c(N6CCOc7nc8[nH]cc(F)c8cc76)c5)CC4)C3)[C@H](c3ccccc3C)C2)cnc1N1CCOCC1. The van der Waals surface area contributed by atoms with E-state index in [1.807, 2.05) is 18.3 Å². The van der Waals surface area contributed by atoms with E-state index in [0.29, 0.717) is 43.8 Å². The van der Waals surface area contributed by atoms with Gasteiger partial charge < -0.3 is 48.7 Å². The number of fused-ring (bicyclic) bond motifs is 3. The van der Waals surface area contributed by atoms with Gasteiger partial charge >= 0.3 is 5.69 Å². The first-order chi connectivity index (χ1) is 39.8. The highest BCUT2D eigenvalue weighted by molar-refractivity contribution is 7.90. The lowest BCUT2D eigenvalue weighted by Crippen LogP contribution is -2.59. The number of aryl methyl sites for hydroxylation is 1. The molecule has 432 valence electrons. The summed E-state index contributed by atoms with van der Waals surface area (Å²) in [5.74, 6) is 0.207. The summed E-state index contributed by atoms with van der Waals surface area (Å²) in [5, 5.41) is 15.1. The number of aromatic amines is 1. The number of methoxy groups -OCH3 is 1. The monoisotopic (exact) mass is 1140 g/mol. The van der Waals surface area contributed by atoms with Gasteiger partial charge in [-0.15, -0.1) is 0 Å². The maximum atomic E-state index is 15.2. The van der Waals surface area contributed by atoms with Crippen LogP contribution < -0.4 is 38.9 Å². The second-order valence-electron chi connectivity index (χ2n) is 22.8. The summed E-state index contributed by atoms with van der Waals surface area (Å²) in [6.07, 6.45) is 8.79. The molecular formula is C58H67FN12O10S. The van der Waals surface area contributed by atoms with Crippen molar-refractivity contribution in [2.75, 3.05) is 119 Å². The van der Waals surface area contributed by atoms with Crippen LogP contribution in [0.15, 0.2) is 78.1 Å². The van der Waals surface area contributed by atoms with Crippen LogP contribution in [-0.2, 0) is 26.0 Å². The number of nitro groups is 1. The molecule has 5 fully saturated rings. The van der Waals surface area contributed by atoms with Crippen molar-refractivity contribution in [3.63, 3.8) is 0 Å². The number of amides is 1. The number of benzene rings is 2. The van der Waals surface area contributed by atoms with E-state index in [4.69, 9.17) is 28.7 Å². The van der Waals surface area contributed by atoms with Crippen molar-refractivity contribution < 1.29 is 46.2 Å². The highest BCUT2D eigenvalue weighted by Gasteiger charge is 2.50. The fraction of sp³-hybridized carbons (Fsp3) is 0.483. The van der Waals surface area contributed by atoms with E-state index < -0.39 is 37.4 Å². The average molecular weight is 1140 g/mol. The van der Waals surface area contributed by atoms with Crippen molar-refractivity contribution in [2.45, 2.75) is 75.1 Å². The van der Waals surface area contributed by atoms with Gasteiger partial charge in [0.1, 0.15) is 30.4 Å². The molecule has 22 nitrogen and oxygen atoms in total. The molecule has 1 saturated carbocycles. The molecule has 4 saturated heterocycles. The molecule has 1 aliphatic carbocycles. The molecule has 7 aliphatic rings. The molecule has 1 amide bonds. The van der Waals surface area contributed by atoms with Gasteiger partial charge in [-0.05, 0) is 104 Å². The minimum atomic E-state index is -4.84. The number of H-pyrrole nitrogens is 1. The number of aromatic nitrogens is 4. The summed E-state index contributed by atoms with van der Waals surface area (Å²) in [5.41, 5.74) is 5.19. The van der Waals surface area contributed by atoms with E-state index in [1.54, 1.807) is 24.1 Å². The molecule has 6 aromatic rings.